The van der Waals surface area contributed by atoms with E-state index in [4.69, 9.17) is 4.42 Å². The number of nitrogens with zero attached hydrogens (tertiary/aromatic N) is 2. The summed E-state index contributed by atoms with van der Waals surface area (Å²) < 4.78 is 32.5. The summed E-state index contributed by atoms with van der Waals surface area (Å²) in [4.78, 5) is 28.1. The van der Waals surface area contributed by atoms with Gasteiger partial charge in [0.1, 0.15) is 11.4 Å². The first-order valence-corrected chi connectivity index (χ1v) is 11.0. The maximum absolute atomic E-state index is 13.0. The van der Waals surface area contributed by atoms with Crippen LogP contribution in [-0.2, 0) is 14.8 Å². The number of rotatable bonds is 4. The van der Waals surface area contributed by atoms with Crippen LogP contribution in [0.1, 0.15) is 18.4 Å². The van der Waals surface area contributed by atoms with Crippen LogP contribution in [0.2, 0.25) is 0 Å². The van der Waals surface area contributed by atoms with Crippen molar-refractivity contribution >= 4 is 32.7 Å². The number of piperidine rings is 1. The lowest BCUT2D eigenvalue weighted by Crippen LogP contribution is -2.41. The van der Waals surface area contributed by atoms with E-state index in [1.807, 2.05) is 13.0 Å². The molecule has 1 aliphatic heterocycles. The summed E-state index contributed by atoms with van der Waals surface area (Å²) in [5, 5.41) is 3.35. The second-order valence-corrected chi connectivity index (χ2v) is 9.28. The molecular weight excluding hydrogens is 406 g/mol. The normalized spacial score (nSPS) is 15.9. The molecule has 3 aromatic rings. The van der Waals surface area contributed by atoms with Crippen LogP contribution in [0.3, 0.4) is 0 Å². The summed E-state index contributed by atoms with van der Waals surface area (Å²) in [7, 11) is -3.71. The van der Waals surface area contributed by atoms with Gasteiger partial charge in [-0.1, -0.05) is 0 Å². The monoisotopic (exact) mass is 427 g/mol. The Morgan fingerprint density at radius 2 is 1.90 bits per heavy atom. The fourth-order valence-corrected chi connectivity index (χ4v) is 5.06. The summed E-state index contributed by atoms with van der Waals surface area (Å²) >= 11 is 0. The van der Waals surface area contributed by atoms with Gasteiger partial charge in [-0.25, -0.2) is 18.2 Å². The number of anilines is 1. The first-order chi connectivity index (χ1) is 14.3. The number of hydrogen-bond donors (Lipinski definition) is 1. The van der Waals surface area contributed by atoms with Crippen molar-refractivity contribution in [3.63, 3.8) is 0 Å². The third-order valence-corrected chi connectivity index (χ3v) is 7.11. The lowest BCUT2D eigenvalue weighted by molar-refractivity contribution is -0.120. The minimum atomic E-state index is -3.71. The van der Waals surface area contributed by atoms with Crippen molar-refractivity contribution in [2.45, 2.75) is 24.7 Å². The summed E-state index contributed by atoms with van der Waals surface area (Å²) in [6.07, 6.45) is 2.49. The standard InChI is InChI=1S/C21H21N3O5S/c1-14-6-9-22-19(12-14)23-21(26)15-7-10-24(11-8-15)30(27,28)17-3-4-18-16(13-17)2-5-20(25)29-18/h2-6,9,12-13,15H,7-8,10-11H2,1H3,(H,22,23,26). The molecule has 2 aromatic heterocycles. The number of carbonyl (C=O) groups is 1. The third kappa shape index (κ3) is 4.12. The number of nitrogens with one attached hydrogen (secondary N) is 1. The Bertz CT molecular complexity index is 1260. The van der Waals surface area contributed by atoms with E-state index in [2.05, 4.69) is 10.3 Å². The van der Waals surface area contributed by atoms with E-state index in [1.54, 1.807) is 12.3 Å². The molecule has 30 heavy (non-hydrogen) atoms. The number of aromatic nitrogens is 1. The summed E-state index contributed by atoms with van der Waals surface area (Å²) in [5.74, 6) is 0.0772. The van der Waals surface area contributed by atoms with Crippen LogP contribution in [0.25, 0.3) is 11.0 Å². The van der Waals surface area contributed by atoms with Gasteiger partial charge in [-0.05, 0) is 61.7 Å². The number of benzene rings is 1. The first-order valence-electron chi connectivity index (χ1n) is 9.60. The van der Waals surface area contributed by atoms with Crippen molar-refractivity contribution in [1.29, 1.82) is 0 Å². The Kier molecular flexibility index (Phi) is 5.40. The van der Waals surface area contributed by atoms with Crippen LogP contribution < -0.4 is 10.9 Å². The second kappa shape index (κ2) is 8.00. The van der Waals surface area contributed by atoms with Gasteiger partial charge in [0.15, 0.2) is 0 Å². The van der Waals surface area contributed by atoms with Gasteiger partial charge in [0, 0.05) is 36.7 Å². The quantitative estimate of drug-likeness (QED) is 0.641. The zero-order chi connectivity index (χ0) is 21.3. The van der Waals surface area contributed by atoms with E-state index < -0.39 is 15.6 Å². The van der Waals surface area contributed by atoms with Crippen molar-refractivity contribution < 1.29 is 17.6 Å². The Hall–Kier alpha value is -3.04. The molecular formula is C21H21N3O5S. The van der Waals surface area contributed by atoms with Crippen LogP contribution in [0.5, 0.6) is 0 Å². The van der Waals surface area contributed by atoms with Crippen molar-refractivity contribution in [3.05, 3.63) is 64.6 Å². The number of fused-ring (bicyclic) bond motifs is 1. The number of carbonyl (C=O) groups excluding carboxylic acids is 1. The molecule has 1 saturated heterocycles. The highest BCUT2D eigenvalue weighted by atomic mass is 32.2. The SMILES string of the molecule is Cc1ccnc(NC(=O)C2CCN(S(=O)(=O)c3ccc4oc(=O)ccc4c3)CC2)c1. The van der Waals surface area contributed by atoms with Gasteiger partial charge in [0.25, 0.3) is 0 Å². The molecule has 1 amide bonds. The molecule has 1 aliphatic rings. The van der Waals surface area contributed by atoms with E-state index in [0.717, 1.165) is 5.56 Å². The molecule has 0 aliphatic carbocycles. The van der Waals surface area contributed by atoms with E-state index >= 15 is 0 Å². The molecule has 0 saturated carbocycles. The maximum atomic E-state index is 13.0. The average molecular weight is 427 g/mol. The van der Waals surface area contributed by atoms with Crippen molar-refractivity contribution in [1.82, 2.24) is 9.29 Å². The zero-order valence-electron chi connectivity index (χ0n) is 16.4. The molecule has 8 nitrogen and oxygen atoms in total. The van der Waals surface area contributed by atoms with Gasteiger partial charge in [0.05, 0.1) is 4.90 Å². The smallest absolute Gasteiger partial charge is 0.336 e. The molecule has 156 valence electrons. The van der Waals surface area contributed by atoms with Crippen LogP contribution in [0.4, 0.5) is 5.82 Å². The number of sulfonamides is 1. The highest BCUT2D eigenvalue weighted by Crippen LogP contribution is 2.26. The molecule has 1 aromatic carbocycles. The predicted molar refractivity (Wildman–Crippen MR) is 112 cm³/mol. The fraction of sp³-hybridized carbons (Fsp3) is 0.286. The second-order valence-electron chi connectivity index (χ2n) is 7.34. The van der Waals surface area contributed by atoms with Crippen LogP contribution in [0, 0.1) is 12.8 Å². The van der Waals surface area contributed by atoms with E-state index in [1.165, 1.54) is 34.6 Å². The summed E-state index contributed by atoms with van der Waals surface area (Å²) in [6.45, 7) is 2.42. The number of aryl methyl sites for hydroxylation is 1. The fourth-order valence-electron chi connectivity index (χ4n) is 3.55. The molecule has 1 fully saturated rings. The topological polar surface area (TPSA) is 110 Å². The third-order valence-electron chi connectivity index (χ3n) is 5.22. The molecule has 0 spiro atoms. The van der Waals surface area contributed by atoms with Crippen LogP contribution in [0.15, 0.2) is 62.8 Å². The van der Waals surface area contributed by atoms with Gasteiger partial charge in [-0.2, -0.15) is 4.31 Å². The number of pyridine rings is 1. The lowest BCUT2D eigenvalue weighted by Gasteiger charge is -2.30. The molecule has 9 heteroatoms. The molecule has 3 heterocycles. The van der Waals surface area contributed by atoms with E-state index in [9.17, 15) is 18.0 Å². The van der Waals surface area contributed by atoms with Gasteiger partial charge >= 0.3 is 5.63 Å². The predicted octanol–water partition coefficient (Wildman–Crippen LogP) is 2.54. The van der Waals surface area contributed by atoms with Gasteiger partial charge in [-0.15, -0.1) is 0 Å². The Labute approximate surface area is 173 Å². The van der Waals surface area contributed by atoms with Crippen molar-refractivity contribution in [2.24, 2.45) is 5.92 Å². The molecule has 0 bridgehead atoms. The van der Waals surface area contributed by atoms with E-state index in [-0.39, 0.29) is 29.8 Å². The molecule has 0 unspecified atom stereocenters. The van der Waals surface area contributed by atoms with Gasteiger partial charge < -0.3 is 9.73 Å². The van der Waals surface area contributed by atoms with Gasteiger partial charge in [0.2, 0.25) is 15.9 Å². The lowest BCUT2D eigenvalue weighted by atomic mass is 9.97. The summed E-state index contributed by atoms with van der Waals surface area (Å²) in [5.41, 5.74) is 0.844. The highest BCUT2D eigenvalue weighted by Gasteiger charge is 2.32. The Morgan fingerprint density at radius 1 is 1.13 bits per heavy atom. The first kappa shape index (κ1) is 20.2. The molecule has 1 N–H and O–H groups in total. The molecule has 4 rings (SSSR count). The van der Waals surface area contributed by atoms with Gasteiger partial charge in [-0.3, -0.25) is 4.79 Å². The largest absolute Gasteiger partial charge is 0.423 e. The van der Waals surface area contributed by atoms with Crippen LogP contribution in [-0.4, -0.2) is 36.7 Å². The number of amides is 1. The summed E-state index contributed by atoms with van der Waals surface area (Å²) in [6, 6.07) is 10.8. The Balaban J connectivity index is 1.44. The average Bonchev–Trinajstić information content (AvgIpc) is 2.73. The maximum Gasteiger partial charge on any atom is 0.336 e. The Morgan fingerprint density at radius 3 is 2.63 bits per heavy atom. The van der Waals surface area contributed by atoms with Crippen molar-refractivity contribution in [2.75, 3.05) is 18.4 Å². The minimum Gasteiger partial charge on any atom is -0.423 e. The van der Waals surface area contributed by atoms with Crippen LogP contribution >= 0.6 is 0 Å². The zero-order valence-corrected chi connectivity index (χ0v) is 17.2. The molecule has 0 atom stereocenters. The molecule has 0 radical (unpaired) electrons. The highest BCUT2D eigenvalue weighted by molar-refractivity contribution is 7.89. The minimum absolute atomic E-state index is 0.135. The van der Waals surface area contributed by atoms with E-state index in [0.29, 0.717) is 29.6 Å². The number of hydrogen-bond acceptors (Lipinski definition) is 6. The van der Waals surface area contributed by atoms with Crippen molar-refractivity contribution in [3.8, 4) is 0 Å².